The molecule has 0 saturated carbocycles. The molecular formula is C48H31NOS. The fourth-order valence-electron chi connectivity index (χ4n) is 7.40. The summed E-state index contributed by atoms with van der Waals surface area (Å²) in [5.74, 6) is 0. The van der Waals surface area contributed by atoms with Crippen LogP contribution in [0, 0.1) is 0 Å². The van der Waals surface area contributed by atoms with E-state index < -0.39 is 0 Å². The van der Waals surface area contributed by atoms with Crippen molar-refractivity contribution in [2.75, 3.05) is 4.90 Å². The van der Waals surface area contributed by atoms with Gasteiger partial charge in [-0.3, -0.25) is 0 Å². The normalized spacial score (nSPS) is 11.5. The van der Waals surface area contributed by atoms with E-state index in [2.05, 4.69) is 187 Å². The van der Waals surface area contributed by atoms with Crippen LogP contribution in [-0.2, 0) is 0 Å². The molecule has 0 saturated heterocycles. The number of fused-ring (bicyclic) bond motifs is 6. The molecule has 8 aromatic carbocycles. The van der Waals surface area contributed by atoms with Crippen molar-refractivity contribution in [3.8, 4) is 33.4 Å². The highest BCUT2D eigenvalue weighted by Crippen LogP contribution is 2.48. The second kappa shape index (κ2) is 12.2. The van der Waals surface area contributed by atoms with Crippen molar-refractivity contribution in [3.05, 3.63) is 188 Å². The molecule has 0 bridgehead atoms. The fraction of sp³-hybridized carbons (Fsp3) is 0. The van der Waals surface area contributed by atoms with E-state index in [1.165, 1.54) is 42.4 Å². The number of hydrogen-bond donors (Lipinski definition) is 0. The molecular weight excluding hydrogens is 639 g/mol. The van der Waals surface area contributed by atoms with E-state index >= 15 is 0 Å². The van der Waals surface area contributed by atoms with Gasteiger partial charge in [-0.2, -0.15) is 0 Å². The molecule has 10 rings (SSSR count). The highest BCUT2D eigenvalue weighted by atomic mass is 32.1. The topological polar surface area (TPSA) is 16.4 Å². The highest BCUT2D eigenvalue weighted by molar-refractivity contribution is 7.26. The van der Waals surface area contributed by atoms with Gasteiger partial charge in [0, 0.05) is 43.2 Å². The largest absolute Gasteiger partial charge is 0.455 e. The number of thiophene rings is 1. The maximum absolute atomic E-state index is 6.59. The summed E-state index contributed by atoms with van der Waals surface area (Å²) in [5.41, 5.74) is 12.1. The van der Waals surface area contributed by atoms with Gasteiger partial charge in [0.05, 0.1) is 10.4 Å². The Labute approximate surface area is 300 Å². The van der Waals surface area contributed by atoms with Gasteiger partial charge in [-0.15, -0.1) is 11.3 Å². The lowest BCUT2D eigenvalue weighted by molar-refractivity contribution is 0.670. The van der Waals surface area contributed by atoms with Crippen LogP contribution in [0.15, 0.2) is 192 Å². The van der Waals surface area contributed by atoms with Crippen LogP contribution in [0.3, 0.4) is 0 Å². The number of para-hydroxylation sites is 2. The minimum absolute atomic E-state index is 0.904. The average Bonchev–Trinajstić information content (AvgIpc) is 3.78. The number of furan rings is 1. The van der Waals surface area contributed by atoms with E-state index in [1.54, 1.807) is 0 Å². The summed E-state index contributed by atoms with van der Waals surface area (Å²) in [5, 5.41) is 4.76. The second-order valence-corrected chi connectivity index (χ2v) is 14.0. The monoisotopic (exact) mass is 669 g/mol. The molecule has 0 amide bonds. The molecule has 0 spiro atoms. The van der Waals surface area contributed by atoms with Crippen molar-refractivity contribution in [1.29, 1.82) is 0 Å². The van der Waals surface area contributed by atoms with Crippen molar-refractivity contribution in [2.45, 2.75) is 0 Å². The lowest BCUT2D eigenvalue weighted by Gasteiger charge is -2.27. The molecule has 0 N–H and O–H groups in total. The molecule has 2 nitrogen and oxygen atoms in total. The number of hydrogen-bond acceptors (Lipinski definition) is 3. The Kier molecular flexibility index (Phi) is 7.04. The third kappa shape index (κ3) is 5.10. The van der Waals surface area contributed by atoms with Gasteiger partial charge in [0.1, 0.15) is 11.2 Å². The predicted octanol–water partition coefficient (Wildman–Crippen LogP) is 14.4. The van der Waals surface area contributed by atoms with E-state index in [1.807, 2.05) is 17.4 Å². The smallest absolute Gasteiger partial charge is 0.143 e. The third-order valence-corrected chi connectivity index (χ3v) is 11.1. The van der Waals surface area contributed by atoms with Crippen LogP contribution in [0.2, 0.25) is 0 Å². The van der Waals surface area contributed by atoms with Gasteiger partial charge in [-0.1, -0.05) is 140 Å². The molecule has 2 aromatic heterocycles. The summed E-state index contributed by atoms with van der Waals surface area (Å²) in [6.45, 7) is 0. The lowest BCUT2D eigenvalue weighted by atomic mass is 9.98. The molecule has 0 unspecified atom stereocenters. The van der Waals surface area contributed by atoms with Crippen molar-refractivity contribution in [3.63, 3.8) is 0 Å². The van der Waals surface area contributed by atoms with E-state index in [-0.39, 0.29) is 0 Å². The first kappa shape index (κ1) is 29.5. The van der Waals surface area contributed by atoms with Gasteiger partial charge in [-0.05, 0) is 76.3 Å². The van der Waals surface area contributed by atoms with Crippen molar-refractivity contribution in [1.82, 2.24) is 0 Å². The molecule has 3 heteroatoms. The Balaban J connectivity index is 1.23. The summed E-state index contributed by atoms with van der Waals surface area (Å²) >= 11 is 1.85. The predicted molar refractivity (Wildman–Crippen MR) is 218 cm³/mol. The van der Waals surface area contributed by atoms with Crippen LogP contribution in [0.5, 0.6) is 0 Å². The Morgan fingerprint density at radius 1 is 0.392 bits per heavy atom. The zero-order chi connectivity index (χ0) is 33.7. The van der Waals surface area contributed by atoms with E-state index in [0.29, 0.717) is 0 Å². The van der Waals surface area contributed by atoms with Crippen LogP contribution in [0.25, 0.3) is 75.5 Å². The molecule has 0 aliphatic rings. The molecule has 0 fully saturated rings. The number of anilines is 3. The van der Waals surface area contributed by atoms with E-state index in [0.717, 1.165) is 50.1 Å². The Morgan fingerprint density at radius 3 is 1.61 bits per heavy atom. The molecule has 0 aliphatic carbocycles. The summed E-state index contributed by atoms with van der Waals surface area (Å²) in [6, 6.07) is 67.4. The van der Waals surface area contributed by atoms with Crippen LogP contribution in [0.1, 0.15) is 0 Å². The van der Waals surface area contributed by atoms with Gasteiger partial charge in [0.15, 0.2) is 0 Å². The Bertz CT molecular complexity index is 2750. The zero-order valence-corrected chi connectivity index (χ0v) is 28.5. The van der Waals surface area contributed by atoms with Crippen LogP contribution in [-0.4, -0.2) is 0 Å². The SMILES string of the molecule is c1ccc(-c2ccc(N(c3ccc(-c4ccccc4)cc3)c3cc(-c4cccc5c4oc4ccccc45)cc4c3sc3ccccc34)cc2)cc1. The third-order valence-electron chi connectivity index (χ3n) is 9.88. The first-order valence-corrected chi connectivity index (χ1v) is 18.1. The van der Waals surface area contributed by atoms with E-state index in [4.69, 9.17) is 4.42 Å². The number of nitrogens with zero attached hydrogens (tertiary/aromatic N) is 1. The molecule has 0 aliphatic heterocycles. The molecule has 2 heterocycles. The van der Waals surface area contributed by atoms with E-state index in [9.17, 15) is 0 Å². The van der Waals surface area contributed by atoms with Crippen LogP contribution >= 0.6 is 11.3 Å². The first-order valence-electron chi connectivity index (χ1n) is 17.3. The fourth-order valence-corrected chi connectivity index (χ4v) is 8.59. The molecule has 0 atom stereocenters. The van der Waals surface area contributed by atoms with Crippen molar-refractivity contribution in [2.24, 2.45) is 0 Å². The standard InChI is InChI=1S/C48H31NOS/c1-3-12-32(13-4-1)34-22-26-37(27-23-34)49(38-28-24-35(25-29-38)33-14-5-2-6-15-33)44-31-36(30-43-41-17-8-10-21-46(41)51-48(43)44)39-18-11-19-42-40-16-7-9-20-45(40)50-47(39)42/h1-31H. The van der Waals surface area contributed by atoms with Gasteiger partial charge in [0.25, 0.3) is 0 Å². The second-order valence-electron chi connectivity index (χ2n) is 12.9. The quantitative estimate of drug-likeness (QED) is 0.175. The minimum Gasteiger partial charge on any atom is -0.455 e. The highest BCUT2D eigenvalue weighted by Gasteiger charge is 2.22. The maximum atomic E-state index is 6.59. The Hall–Kier alpha value is -6.42. The summed E-state index contributed by atoms with van der Waals surface area (Å²) in [4.78, 5) is 2.42. The van der Waals surface area contributed by atoms with Gasteiger partial charge < -0.3 is 9.32 Å². The van der Waals surface area contributed by atoms with Gasteiger partial charge in [0.2, 0.25) is 0 Å². The van der Waals surface area contributed by atoms with Crippen molar-refractivity contribution < 1.29 is 4.42 Å². The summed E-state index contributed by atoms with van der Waals surface area (Å²) < 4.78 is 9.10. The number of benzene rings is 8. The van der Waals surface area contributed by atoms with Crippen LogP contribution < -0.4 is 4.90 Å². The minimum atomic E-state index is 0.904. The first-order chi connectivity index (χ1) is 25.3. The van der Waals surface area contributed by atoms with Gasteiger partial charge in [-0.25, -0.2) is 0 Å². The molecule has 240 valence electrons. The molecule has 51 heavy (non-hydrogen) atoms. The maximum Gasteiger partial charge on any atom is 0.143 e. The average molecular weight is 670 g/mol. The zero-order valence-electron chi connectivity index (χ0n) is 27.7. The summed E-state index contributed by atoms with van der Waals surface area (Å²) in [7, 11) is 0. The molecule has 0 radical (unpaired) electrons. The lowest BCUT2D eigenvalue weighted by Crippen LogP contribution is -2.10. The van der Waals surface area contributed by atoms with Crippen LogP contribution in [0.4, 0.5) is 17.1 Å². The van der Waals surface area contributed by atoms with Gasteiger partial charge >= 0.3 is 0 Å². The summed E-state index contributed by atoms with van der Waals surface area (Å²) in [6.07, 6.45) is 0. The van der Waals surface area contributed by atoms with Crippen molar-refractivity contribution >= 4 is 70.5 Å². The molecule has 10 aromatic rings. The number of rotatable bonds is 6. The Morgan fingerprint density at radius 2 is 0.941 bits per heavy atom.